The van der Waals surface area contributed by atoms with E-state index in [4.69, 9.17) is 5.73 Å². The Morgan fingerprint density at radius 2 is 1.25 bits per heavy atom. The number of hydrogen-bond acceptors (Lipinski definition) is 4. The van der Waals surface area contributed by atoms with Crippen LogP contribution in [0.4, 0.5) is 11.4 Å². The Morgan fingerprint density at radius 1 is 0.786 bits per heavy atom. The van der Waals surface area contributed by atoms with Crippen molar-refractivity contribution in [2.75, 3.05) is 17.7 Å². The standard InChI is InChI=1S/C24H44N2O2/c1-2-3-4-5-6-7-8-9-10-11-12-13-14-15-24(28)23(20-27)26-22-18-16-21(25)17-19-22/h16-19,23-24,26-28H,2-15,20,25H2,1H3. The summed E-state index contributed by atoms with van der Waals surface area (Å²) < 4.78 is 0. The van der Waals surface area contributed by atoms with Gasteiger partial charge in [0.15, 0.2) is 0 Å². The summed E-state index contributed by atoms with van der Waals surface area (Å²) in [6.07, 6.45) is 17.4. The molecule has 2 atom stereocenters. The lowest BCUT2D eigenvalue weighted by Gasteiger charge is -2.23. The zero-order valence-corrected chi connectivity index (χ0v) is 18.0. The quantitative estimate of drug-likeness (QED) is 0.186. The van der Waals surface area contributed by atoms with Gasteiger partial charge in [0.1, 0.15) is 0 Å². The number of anilines is 2. The Bertz CT molecular complexity index is 464. The van der Waals surface area contributed by atoms with Crippen LogP contribution in [0.25, 0.3) is 0 Å². The smallest absolute Gasteiger partial charge is 0.0763 e. The van der Waals surface area contributed by atoms with Gasteiger partial charge in [-0.3, -0.25) is 0 Å². The summed E-state index contributed by atoms with van der Waals surface area (Å²) in [5, 5.41) is 23.1. The van der Waals surface area contributed by atoms with Gasteiger partial charge in [-0.05, 0) is 30.7 Å². The Labute approximate surface area is 172 Å². The number of nitrogen functional groups attached to an aromatic ring is 1. The predicted octanol–water partition coefficient (Wildman–Crippen LogP) is 5.88. The van der Waals surface area contributed by atoms with Crippen molar-refractivity contribution in [1.29, 1.82) is 0 Å². The second kappa shape index (κ2) is 16.7. The molecular weight excluding hydrogens is 348 g/mol. The van der Waals surface area contributed by atoms with Gasteiger partial charge in [-0.25, -0.2) is 0 Å². The Morgan fingerprint density at radius 3 is 1.71 bits per heavy atom. The fraction of sp³-hybridized carbons (Fsp3) is 0.750. The molecular formula is C24H44N2O2. The molecule has 0 bridgehead atoms. The molecule has 0 aliphatic rings. The number of aliphatic hydroxyl groups excluding tert-OH is 2. The monoisotopic (exact) mass is 392 g/mol. The van der Waals surface area contributed by atoms with Crippen molar-refractivity contribution in [2.24, 2.45) is 0 Å². The minimum atomic E-state index is -0.532. The third-order valence-corrected chi connectivity index (χ3v) is 5.53. The molecule has 162 valence electrons. The topological polar surface area (TPSA) is 78.5 Å². The first-order chi connectivity index (χ1) is 13.7. The summed E-state index contributed by atoms with van der Waals surface area (Å²) in [7, 11) is 0. The van der Waals surface area contributed by atoms with E-state index in [9.17, 15) is 10.2 Å². The molecule has 28 heavy (non-hydrogen) atoms. The molecule has 0 aliphatic heterocycles. The van der Waals surface area contributed by atoms with E-state index in [0.29, 0.717) is 5.69 Å². The van der Waals surface area contributed by atoms with Gasteiger partial charge in [-0.1, -0.05) is 90.4 Å². The number of nitrogens with two attached hydrogens (primary N) is 1. The molecule has 4 nitrogen and oxygen atoms in total. The Kier molecular flexibility index (Phi) is 14.8. The minimum Gasteiger partial charge on any atom is -0.399 e. The molecule has 4 heteroatoms. The number of nitrogens with one attached hydrogen (secondary N) is 1. The van der Waals surface area contributed by atoms with Crippen LogP contribution < -0.4 is 11.1 Å². The minimum absolute atomic E-state index is 0.0794. The van der Waals surface area contributed by atoms with Crippen LogP contribution >= 0.6 is 0 Å². The molecule has 0 saturated heterocycles. The SMILES string of the molecule is CCCCCCCCCCCCCCCC(O)C(CO)Nc1ccc(N)cc1. The van der Waals surface area contributed by atoms with E-state index in [1.807, 2.05) is 24.3 Å². The summed E-state index contributed by atoms with van der Waals surface area (Å²) in [5.41, 5.74) is 7.26. The number of hydrogen-bond donors (Lipinski definition) is 4. The molecule has 0 radical (unpaired) electrons. The third kappa shape index (κ3) is 12.2. The van der Waals surface area contributed by atoms with Crippen molar-refractivity contribution in [3.05, 3.63) is 24.3 Å². The normalized spacial score (nSPS) is 13.4. The van der Waals surface area contributed by atoms with Gasteiger partial charge in [0.2, 0.25) is 0 Å². The maximum Gasteiger partial charge on any atom is 0.0763 e. The summed E-state index contributed by atoms with van der Waals surface area (Å²) in [6, 6.07) is 7.04. The molecule has 0 heterocycles. The van der Waals surface area contributed by atoms with Crippen molar-refractivity contribution in [1.82, 2.24) is 0 Å². The highest BCUT2D eigenvalue weighted by Crippen LogP contribution is 2.16. The van der Waals surface area contributed by atoms with Crippen molar-refractivity contribution in [3.8, 4) is 0 Å². The molecule has 2 unspecified atom stereocenters. The predicted molar refractivity (Wildman–Crippen MR) is 122 cm³/mol. The fourth-order valence-electron chi connectivity index (χ4n) is 3.63. The van der Waals surface area contributed by atoms with E-state index in [-0.39, 0.29) is 12.6 Å². The summed E-state index contributed by atoms with van der Waals surface area (Å²) in [5.74, 6) is 0. The average Bonchev–Trinajstić information content (AvgIpc) is 2.70. The number of benzene rings is 1. The van der Waals surface area contributed by atoms with Gasteiger partial charge in [-0.15, -0.1) is 0 Å². The summed E-state index contributed by atoms with van der Waals surface area (Å²) in [6.45, 7) is 2.19. The molecule has 0 aliphatic carbocycles. The van der Waals surface area contributed by atoms with E-state index in [0.717, 1.165) is 24.9 Å². The fourth-order valence-corrected chi connectivity index (χ4v) is 3.63. The molecule has 0 aromatic heterocycles. The number of rotatable bonds is 18. The van der Waals surface area contributed by atoms with E-state index in [1.54, 1.807) is 0 Å². The third-order valence-electron chi connectivity index (χ3n) is 5.53. The average molecular weight is 393 g/mol. The van der Waals surface area contributed by atoms with Gasteiger partial charge >= 0.3 is 0 Å². The lowest BCUT2D eigenvalue weighted by molar-refractivity contribution is 0.107. The van der Waals surface area contributed by atoms with Crippen LogP contribution in [-0.4, -0.2) is 29.0 Å². The van der Waals surface area contributed by atoms with E-state index < -0.39 is 6.10 Å². The van der Waals surface area contributed by atoms with Crippen molar-refractivity contribution in [2.45, 2.75) is 109 Å². The van der Waals surface area contributed by atoms with Crippen LogP contribution in [0.5, 0.6) is 0 Å². The maximum absolute atomic E-state index is 10.4. The molecule has 1 rings (SSSR count). The van der Waals surface area contributed by atoms with Gasteiger partial charge in [0.05, 0.1) is 18.8 Å². The van der Waals surface area contributed by atoms with Crippen LogP contribution in [0, 0.1) is 0 Å². The van der Waals surface area contributed by atoms with Gasteiger partial charge < -0.3 is 21.3 Å². The molecule has 1 aromatic carbocycles. The van der Waals surface area contributed by atoms with Crippen LogP contribution in [0.3, 0.4) is 0 Å². The molecule has 5 N–H and O–H groups in total. The first kappa shape index (κ1) is 24.8. The van der Waals surface area contributed by atoms with Crippen LogP contribution in [0.15, 0.2) is 24.3 Å². The zero-order valence-electron chi connectivity index (χ0n) is 18.0. The Balaban J connectivity index is 1.98. The molecule has 0 fully saturated rings. The van der Waals surface area contributed by atoms with Crippen LogP contribution in [0.1, 0.15) is 96.8 Å². The molecule has 1 aromatic rings. The summed E-state index contributed by atoms with van der Waals surface area (Å²) in [4.78, 5) is 0. The van der Waals surface area contributed by atoms with Gasteiger partial charge in [0.25, 0.3) is 0 Å². The molecule has 0 saturated carbocycles. The van der Waals surface area contributed by atoms with Crippen LogP contribution in [0.2, 0.25) is 0 Å². The second-order valence-corrected chi connectivity index (χ2v) is 8.15. The van der Waals surface area contributed by atoms with Crippen molar-refractivity contribution in [3.63, 3.8) is 0 Å². The first-order valence-corrected chi connectivity index (χ1v) is 11.6. The second-order valence-electron chi connectivity index (χ2n) is 8.15. The van der Waals surface area contributed by atoms with Gasteiger partial charge in [0, 0.05) is 11.4 Å². The highest BCUT2D eigenvalue weighted by atomic mass is 16.3. The maximum atomic E-state index is 10.4. The van der Waals surface area contributed by atoms with E-state index in [2.05, 4.69) is 12.2 Å². The summed E-state index contributed by atoms with van der Waals surface area (Å²) >= 11 is 0. The number of aliphatic hydroxyl groups is 2. The van der Waals surface area contributed by atoms with Crippen molar-refractivity contribution >= 4 is 11.4 Å². The lowest BCUT2D eigenvalue weighted by atomic mass is 10.0. The highest BCUT2D eigenvalue weighted by molar-refractivity contribution is 5.51. The Hall–Kier alpha value is -1.26. The zero-order chi connectivity index (χ0) is 20.5. The van der Waals surface area contributed by atoms with E-state index in [1.165, 1.54) is 70.6 Å². The largest absolute Gasteiger partial charge is 0.399 e. The lowest BCUT2D eigenvalue weighted by Crippen LogP contribution is -2.36. The van der Waals surface area contributed by atoms with Gasteiger partial charge in [-0.2, -0.15) is 0 Å². The van der Waals surface area contributed by atoms with E-state index >= 15 is 0 Å². The number of unbranched alkanes of at least 4 members (excludes halogenated alkanes) is 12. The molecule has 0 amide bonds. The highest BCUT2D eigenvalue weighted by Gasteiger charge is 2.17. The molecule has 0 spiro atoms. The first-order valence-electron chi connectivity index (χ1n) is 11.6. The van der Waals surface area contributed by atoms with Crippen molar-refractivity contribution < 1.29 is 10.2 Å². The van der Waals surface area contributed by atoms with Crippen LogP contribution in [-0.2, 0) is 0 Å².